The van der Waals surface area contributed by atoms with Gasteiger partial charge in [0.25, 0.3) is 0 Å². The second kappa shape index (κ2) is 4.91. The minimum absolute atomic E-state index is 0. The zero-order valence-corrected chi connectivity index (χ0v) is 6.86. The van der Waals surface area contributed by atoms with E-state index in [-0.39, 0.29) is 4.70 Å². The third kappa shape index (κ3) is 3.18. The minimum atomic E-state index is 0. The van der Waals surface area contributed by atoms with Crippen LogP contribution in [-0.4, -0.2) is 36.6 Å². The van der Waals surface area contributed by atoms with Crippen LogP contribution in [0.1, 0.15) is 0 Å². The van der Waals surface area contributed by atoms with Gasteiger partial charge in [-0.15, -0.1) is 6.58 Å². The highest BCUT2D eigenvalue weighted by Gasteiger charge is 2.05. The first kappa shape index (κ1) is 10.2. The van der Waals surface area contributed by atoms with Crippen molar-refractivity contribution in [2.45, 2.75) is 0 Å². The first-order valence-electron chi connectivity index (χ1n) is 3.53. The topological polar surface area (TPSA) is 6.48 Å². The monoisotopic (exact) mass is 158 g/mol. The average Bonchev–Trinajstić information content (AvgIpc) is 1.88. The SMILES string of the molecule is C=CCN1CC=CN(C)C1.F. The molecule has 64 valence electrons. The summed E-state index contributed by atoms with van der Waals surface area (Å²) < 4.78 is 0. The van der Waals surface area contributed by atoms with E-state index in [1.807, 2.05) is 6.08 Å². The first-order chi connectivity index (χ1) is 4.83. The molecule has 0 saturated heterocycles. The van der Waals surface area contributed by atoms with E-state index in [1.54, 1.807) is 0 Å². The molecule has 11 heavy (non-hydrogen) atoms. The van der Waals surface area contributed by atoms with Gasteiger partial charge in [0.05, 0.1) is 6.67 Å². The van der Waals surface area contributed by atoms with Gasteiger partial charge in [0, 0.05) is 20.1 Å². The van der Waals surface area contributed by atoms with E-state index in [0.717, 1.165) is 19.8 Å². The Hall–Kier alpha value is -0.830. The third-order valence-corrected chi connectivity index (χ3v) is 1.53. The van der Waals surface area contributed by atoms with Crippen molar-refractivity contribution in [1.82, 2.24) is 9.80 Å². The fourth-order valence-corrected chi connectivity index (χ4v) is 1.11. The van der Waals surface area contributed by atoms with Gasteiger partial charge in [-0.25, -0.2) is 0 Å². The van der Waals surface area contributed by atoms with E-state index in [2.05, 4.69) is 35.7 Å². The maximum Gasteiger partial charge on any atom is 0.0703 e. The predicted molar refractivity (Wildman–Crippen MR) is 46.0 cm³/mol. The molecule has 0 bridgehead atoms. The number of halogens is 1. The highest BCUT2D eigenvalue weighted by Crippen LogP contribution is 1.99. The Balaban J connectivity index is 0.000001000. The number of hydrogen-bond acceptors (Lipinski definition) is 2. The smallest absolute Gasteiger partial charge is 0.0703 e. The van der Waals surface area contributed by atoms with Crippen LogP contribution in [0.15, 0.2) is 24.9 Å². The fourth-order valence-electron chi connectivity index (χ4n) is 1.11. The summed E-state index contributed by atoms with van der Waals surface area (Å²) in [6, 6.07) is 0. The van der Waals surface area contributed by atoms with Gasteiger partial charge in [-0.2, -0.15) is 0 Å². The Kier molecular flexibility index (Phi) is 4.54. The molecule has 1 heterocycles. The molecule has 0 radical (unpaired) electrons. The summed E-state index contributed by atoms with van der Waals surface area (Å²) in [4.78, 5) is 4.47. The standard InChI is InChI=1S/C8H14N2.FH/c1-3-5-10-7-4-6-9(2)8-10;/h3-4,6H,1,5,7-8H2,2H3;1H. The number of hydrogen-bond donors (Lipinski definition) is 0. The number of nitrogens with zero attached hydrogens (tertiary/aromatic N) is 2. The Bertz CT molecular complexity index is 145. The van der Waals surface area contributed by atoms with E-state index >= 15 is 0 Å². The molecule has 0 unspecified atom stereocenters. The Labute approximate surface area is 67.2 Å². The average molecular weight is 158 g/mol. The van der Waals surface area contributed by atoms with E-state index in [1.165, 1.54) is 0 Å². The van der Waals surface area contributed by atoms with Crippen molar-refractivity contribution in [3.63, 3.8) is 0 Å². The first-order valence-corrected chi connectivity index (χ1v) is 3.53. The number of rotatable bonds is 2. The van der Waals surface area contributed by atoms with Crippen molar-refractivity contribution in [2.24, 2.45) is 0 Å². The lowest BCUT2D eigenvalue weighted by molar-refractivity contribution is 0.209. The van der Waals surface area contributed by atoms with Crippen LogP contribution in [0.2, 0.25) is 0 Å². The van der Waals surface area contributed by atoms with Crippen molar-refractivity contribution in [3.05, 3.63) is 24.9 Å². The molecule has 0 aromatic rings. The molecule has 0 aromatic carbocycles. The Morgan fingerprint density at radius 2 is 2.36 bits per heavy atom. The van der Waals surface area contributed by atoms with Crippen molar-refractivity contribution in [1.29, 1.82) is 0 Å². The molecule has 1 aliphatic rings. The third-order valence-electron chi connectivity index (χ3n) is 1.53. The van der Waals surface area contributed by atoms with Crippen LogP contribution in [-0.2, 0) is 0 Å². The molecule has 0 aromatic heterocycles. The largest absolute Gasteiger partial charge is 0.368 e. The molecule has 2 nitrogen and oxygen atoms in total. The van der Waals surface area contributed by atoms with Crippen LogP contribution in [0, 0.1) is 0 Å². The molecule has 0 spiro atoms. The van der Waals surface area contributed by atoms with Crippen LogP contribution >= 0.6 is 0 Å². The molecule has 0 atom stereocenters. The molecule has 1 aliphatic heterocycles. The normalized spacial score (nSPS) is 17.7. The van der Waals surface area contributed by atoms with Gasteiger partial charge in [0.1, 0.15) is 0 Å². The van der Waals surface area contributed by atoms with Gasteiger partial charge in [-0.05, 0) is 6.20 Å². The van der Waals surface area contributed by atoms with E-state index in [9.17, 15) is 0 Å². The molecular formula is C8H15FN2. The molecule has 3 heteroatoms. The quantitative estimate of drug-likeness (QED) is 0.554. The van der Waals surface area contributed by atoms with Gasteiger partial charge in [-0.3, -0.25) is 9.60 Å². The lowest BCUT2D eigenvalue weighted by Crippen LogP contribution is -2.36. The van der Waals surface area contributed by atoms with Crippen LogP contribution in [0.25, 0.3) is 0 Å². The maximum absolute atomic E-state index is 3.70. The minimum Gasteiger partial charge on any atom is -0.368 e. The Morgan fingerprint density at radius 1 is 1.64 bits per heavy atom. The summed E-state index contributed by atoms with van der Waals surface area (Å²) >= 11 is 0. The molecule has 1 rings (SSSR count). The van der Waals surface area contributed by atoms with Gasteiger partial charge < -0.3 is 4.90 Å². The molecule has 0 N–H and O–H groups in total. The van der Waals surface area contributed by atoms with Gasteiger partial charge in [0.15, 0.2) is 0 Å². The molecule has 0 aliphatic carbocycles. The lowest BCUT2D eigenvalue weighted by Gasteiger charge is -2.28. The summed E-state index contributed by atoms with van der Waals surface area (Å²) in [5.74, 6) is 0. The zero-order chi connectivity index (χ0) is 7.40. The molecular weight excluding hydrogens is 143 g/mol. The molecule has 0 amide bonds. The van der Waals surface area contributed by atoms with Crippen molar-refractivity contribution < 1.29 is 4.70 Å². The van der Waals surface area contributed by atoms with Crippen LogP contribution in [0.5, 0.6) is 0 Å². The fraction of sp³-hybridized carbons (Fsp3) is 0.500. The van der Waals surface area contributed by atoms with Gasteiger partial charge >= 0.3 is 0 Å². The van der Waals surface area contributed by atoms with Crippen molar-refractivity contribution in [2.75, 3.05) is 26.8 Å². The zero-order valence-electron chi connectivity index (χ0n) is 6.86. The van der Waals surface area contributed by atoms with Gasteiger partial charge in [-0.1, -0.05) is 12.2 Å². The van der Waals surface area contributed by atoms with E-state index < -0.39 is 0 Å². The summed E-state index contributed by atoms with van der Waals surface area (Å²) in [5.41, 5.74) is 0. The lowest BCUT2D eigenvalue weighted by atomic mass is 10.4. The van der Waals surface area contributed by atoms with E-state index in [0.29, 0.717) is 0 Å². The summed E-state index contributed by atoms with van der Waals surface area (Å²) in [5, 5.41) is 0. The van der Waals surface area contributed by atoms with Crippen LogP contribution in [0.4, 0.5) is 4.70 Å². The molecule has 0 saturated carbocycles. The van der Waals surface area contributed by atoms with Crippen molar-refractivity contribution in [3.8, 4) is 0 Å². The van der Waals surface area contributed by atoms with Crippen LogP contribution in [0.3, 0.4) is 0 Å². The second-order valence-corrected chi connectivity index (χ2v) is 2.61. The Morgan fingerprint density at radius 3 is 2.91 bits per heavy atom. The highest BCUT2D eigenvalue weighted by molar-refractivity contribution is 4.90. The van der Waals surface area contributed by atoms with Gasteiger partial charge in [0.2, 0.25) is 0 Å². The highest BCUT2D eigenvalue weighted by atomic mass is 19.0. The summed E-state index contributed by atoms with van der Waals surface area (Å²) in [6.45, 7) is 6.74. The molecule has 0 fully saturated rings. The second-order valence-electron chi connectivity index (χ2n) is 2.61. The van der Waals surface area contributed by atoms with Crippen molar-refractivity contribution >= 4 is 0 Å². The van der Waals surface area contributed by atoms with E-state index in [4.69, 9.17) is 0 Å². The summed E-state index contributed by atoms with van der Waals surface area (Å²) in [7, 11) is 2.08. The maximum atomic E-state index is 3.70. The summed E-state index contributed by atoms with van der Waals surface area (Å²) in [6.07, 6.45) is 6.21. The predicted octanol–water partition coefficient (Wildman–Crippen LogP) is 1.04. The van der Waals surface area contributed by atoms with Crippen LogP contribution < -0.4 is 0 Å².